The maximum Gasteiger partial charge on any atom is 0.335 e. The molecule has 88 valence electrons. The van der Waals surface area contributed by atoms with Gasteiger partial charge in [-0.25, -0.2) is 4.79 Å². The molecular formula is C12H16ClNO2. The van der Waals surface area contributed by atoms with Crippen LogP contribution >= 0.6 is 12.4 Å². The van der Waals surface area contributed by atoms with Gasteiger partial charge in [0, 0.05) is 0 Å². The Balaban J connectivity index is 0.00000128. The van der Waals surface area contributed by atoms with Crippen molar-refractivity contribution in [3.63, 3.8) is 0 Å². The number of carbonyl (C=O) groups is 1. The van der Waals surface area contributed by atoms with Crippen molar-refractivity contribution in [1.29, 1.82) is 0 Å². The molecule has 1 heterocycles. The number of halogens is 1. The minimum atomic E-state index is -0.846. The molecule has 1 aliphatic rings. The predicted molar refractivity (Wildman–Crippen MR) is 65.3 cm³/mol. The predicted octanol–water partition coefficient (Wildman–Crippen LogP) is 1.96. The molecule has 0 aromatic heterocycles. The smallest absolute Gasteiger partial charge is 0.335 e. The Hall–Kier alpha value is -1.06. The molecule has 1 fully saturated rings. The number of aromatic carboxylic acids is 1. The molecule has 0 aliphatic carbocycles. The van der Waals surface area contributed by atoms with Gasteiger partial charge in [-0.1, -0.05) is 12.1 Å². The van der Waals surface area contributed by atoms with Crippen LogP contribution < -0.4 is 5.32 Å². The number of rotatable bonds is 3. The summed E-state index contributed by atoms with van der Waals surface area (Å²) in [5, 5.41) is 12.2. The monoisotopic (exact) mass is 241 g/mol. The Bertz CT molecular complexity index is 362. The molecule has 1 atom stereocenters. The van der Waals surface area contributed by atoms with Gasteiger partial charge in [0.2, 0.25) is 0 Å². The van der Waals surface area contributed by atoms with E-state index in [0.29, 0.717) is 11.5 Å². The maximum absolute atomic E-state index is 10.8. The topological polar surface area (TPSA) is 49.3 Å². The molecule has 0 bridgehead atoms. The highest BCUT2D eigenvalue weighted by Crippen LogP contribution is 2.16. The molecule has 0 saturated carbocycles. The summed E-state index contributed by atoms with van der Waals surface area (Å²) in [5.74, 6) is -0.185. The van der Waals surface area contributed by atoms with Crippen molar-refractivity contribution < 1.29 is 9.90 Å². The van der Waals surface area contributed by atoms with Crippen LogP contribution in [0.1, 0.15) is 22.3 Å². The number of carboxylic acids is 1. The zero-order chi connectivity index (χ0) is 10.7. The molecule has 4 heteroatoms. The van der Waals surface area contributed by atoms with E-state index in [0.717, 1.165) is 25.1 Å². The van der Waals surface area contributed by atoms with Gasteiger partial charge in [0.1, 0.15) is 0 Å². The van der Waals surface area contributed by atoms with Crippen LogP contribution in [0.25, 0.3) is 0 Å². The normalized spacial score (nSPS) is 19.1. The maximum atomic E-state index is 10.8. The van der Waals surface area contributed by atoms with Gasteiger partial charge in [-0.2, -0.15) is 0 Å². The molecule has 1 unspecified atom stereocenters. The largest absolute Gasteiger partial charge is 0.478 e. The summed E-state index contributed by atoms with van der Waals surface area (Å²) in [5.41, 5.74) is 1.52. The molecule has 0 amide bonds. The minimum absolute atomic E-state index is 0. The molecule has 2 N–H and O–H groups in total. The third-order valence-corrected chi connectivity index (χ3v) is 2.86. The molecule has 1 aliphatic heterocycles. The quantitative estimate of drug-likeness (QED) is 0.851. The first-order valence-electron chi connectivity index (χ1n) is 5.28. The number of nitrogens with one attached hydrogen (secondary N) is 1. The van der Waals surface area contributed by atoms with Gasteiger partial charge < -0.3 is 10.4 Å². The number of benzene rings is 1. The molecule has 1 saturated heterocycles. The second-order valence-corrected chi connectivity index (χ2v) is 4.07. The van der Waals surface area contributed by atoms with E-state index in [1.807, 2.05) is 12.1 Å². The van der Waals surface area contributed by atoms with Gasteiger partial charge >= 0.3 is 5.97 Å². The molecule has 0 radical (unpaired) electrons. The van der Waals surface area contributed by atoms with E-state index in [1.165, 1.54) is 6.42 Å². The first-order chi connectivity index (χ1) is 7.25. The standard InChI is InChI=1S/C12H15NO2.ClH/c14-12(15)11-3-1-2-9(7-11)6-10-4-5-13-8-10;/h1-3,7,10,13H,4-6,8H2,(H,14,15);1H. The average Bonchev–Trinajstić information content (AvgIpc) is 2.71. The molecule has 16 heavy (non-hydrogen) atoms. The van der Waals surface area contributed by atoms with Crippen molar-refractivity contribution in [2.24, 2.45) is 5.92 Å². The van der Waals surface area contributed by atoms with E-state index < -0.39 is 5.97 Å². The highest BCUT2D eigenvalue weighted by molar-refractivity contribution is 5.87. The van der Waals surface area contributed by atoms with Crippen LogP contribution in [0.4, 0.5) is 0 Å². The highest BCUT2D eigenvalue weighted by atomic mass is 35.5. The Labute approximate surface area is 101 Å². The van der Waals surface area contributed by atoms with Crippen molar-refractivity contribution in [2.75, 3.05) is 13.1 Å². The Morgan fingerprint density at radius 2 is 2.31 bits per heavy atom. The van der Waals surface area contributed by atoms with Crippen molar-refractivity contribution in [3.8, 4) is 0 Å². The summed E-state index contributed by atoms with van der Waals surface area (Å²) in [4.78, 5) is 10.8. The minimum Gasteiger partial charge on any atom is -0.478 e. The molecule has 2 rings (SSSR count). The lowest BCUT2D eigenvalue weighted by Crippen LogP contribution is -2.11. The van der Waals surface area contributed by atoms with Crippen molar-refractivity contribution in [2.45, 2.75) is 12.8 Å². The third-order valence-electron chi connectivity index (χ3n) is 2.86. The second-order valence-electron chi connectivity index (χ2n) is 4.07. The van der Waals surface area contributed by atoms with Crippen LogP contribution in [0.5, 0.6) is 0 Å². The zero-order valence-corrected chi connectivity index (χ0v) is 9.80. The summed E-state index contributed by atoms with van der Waals surface area (Å²) in [6, 6.07) is 7.24. The Morgan fingerprint density at radius 3 is 2.94 bits per heavy atom. The first-order valence-corrected chi connectivity index (χ1v) is 5.28. The Morgan fingerprint density at radius 1 is 1.50 bits per heavy atom. The van der Waals surface area contributed by atoms with E-state index in [2.05, 4.69) is 5.32 Å². The first kappa shape index (κ1) is 13.0. The summed E-state index contributed by atoms with van der Waals surface area (Å²) in [6.07, 6.45) is 2.17. The van der Waals surface area contributed by atoms with E-state index in [9.17, 15) is 4.79 Å². The van der Waals surface area contributed by atoms with Crippen molar-refractivity contribution >= 4 is 18.4 Å². The molecular weight excluding hydrogens is 226 g/mol. The van der Waals surface area contributed by atoms with Crippen molar-refractivity contribution in [1.82, 2.24) is 5.32 Å². The number of hydrogen-bond acceptors (Lipinski definition) is 2. The third kappa shape index (κ3) is 3.22. The van der Waals surface area contributed by atoms with E-state index >= 15 is 0 Å². The lowest BCUT2D eigenvalue weighted by molar-refractivity contribution is 0.0696. The molecule has 1 aromatic carbocycles. The van der Waals surface area contributed by atoms with E-state index in [1.54, 1.807) is 12.1 Å². The lowest BCUT2D eigenvalue weighted by Gasteiger charge is -2.08. The fraction of sp³-hybridized carbons (Fsp3) is 0.417. The van der Waals surface area contributed by atoms with E-state index in [4.69, 9.17) is 5.11 Å². The fourth-order valence-electron chi connectivity index (χ4n) is 2.05. The fourth-order valence-corrected chi connectivity index (χ4v) is 2.05. The summed E-state index contributed by atoms with van der Waals surface area (Å²) in [6.45, 7) is 2.14. The lowest BCUT2D eigenvalue weighted by atomic mass is 9.97. The van der Waals surface area contributed by atoms with Crippen LogP contribution in [-0.4, -0.2) is 24.2 Å². The molecule has 1 aromatic rings. The highest BCUT2D eigenvalue weighted by Gasteiger charge is 2.15. The van der Waals surface area contributed by atoms with Gasteiger partial charge in [-0.05, 0) is 49.5 Å². The Kier molecular flexibility index (Phi) is 4.77. The van der Waals surface area contributed by atoms with Gasteiger partial charge in [-0.3, -0.25) is 0 Å². The van der Waals surface area contributed by atoms with Gasteiger partial charge in [0.25, 0.3) is 0 Å². The second kappa shape index (κ2) is 5.87. The van der Waals surface area contributed by atoms with E-state index in [-0.39, 0.29) is 12.4 Å². The van der Waals surface area contributed by atoms with Crippen LogP contribution in [0.15, 0.2) is 24.3 Å². The summed E-state index contributed by atoms with van der Waals surface area (Å²) in [7, 11) is 0. The van der Waals surface area contributed by atoms with Crippen LogP contribution in [0, 0.1) is 5.92 Å². The van der Waals surface area contributed by atoms with Gasteiger partial charge in [-0.15, -0.1) is 12.4 Å². The summed E-state index contributed by atoms with van der Waals surface area (Å²) >= 11 is 0. The van der Waals surface area contributed by atoms with Gasteiger partial charge in [0.05, 0.1) is 5.56 Å². The van der Waals surface area contributed by atoms with Gasteiger partial charge in [0.15, 0.2) is 0 Å². The molecule has 3 nitrogen and oxygen atoms in total. The van der Waals surface area contributed by atoms with Crippen LogP contribution in [0.2, 0.25) is 0 Å². The number of hydrogen-bond donors (Lipinski definition) is 2. The summed E-state index contributed by atoms with van der Waals surface area (Å²) < 4.78 is 0. The van der Waals surface area contributed by atoms with Crippen LogP contribution in [-0.2, 0) is 6.42 Å². The number of carboxylic acid groups (broad SMARTS) is 1. The SMILES string of the molecule is Cl.O=C(O)c1cccc(CC2CCNC2)c1. The molecule has 0 spiro atoms. The average molecular weight is 242 g/mol. The zero-order valence-electron chi connectivity index (χ0n) is 8.98. The van der Waals surface area contributed by atoms with Crippen LogP contribution in [0.3, 0.4) is 0 Å². The van der Waals surface area contributed by atoms with Crippen molar-refractivity contribution in [3.05, 3.63) is 35.4 Å².